The van der Waals surface area contributed by atoms with E-state index < -0.39 is 0 Å². The molecule has 0 saturated carbocycles. The van der Waals surface area contributed by atoms with Crippen LogP contribution in [0.25, 0.3) is 16.6 Å². The number of urea groups is 1. The number of aromatic nitrogens is 4. The predicted octanol–water partition coefficient (Wildman–Crippen LogP) is 2.13. The van der Waals surface area contributed by atoms with Gasteiger partial charge in [-0.05, 0) is 25.3 Å². The highest BCUT2D eigenvalue weighted by Crippen LogP contribution is 2.35. The zero-order valence-corrected chi connectivity index (χ0v) is 19.3. The number of ether oxygens (including phenoxy) is 1. The molecule has 3 aromatic rings. The Bertz CT molecular complexity index is 1280. The van der Waals surface area contributed by atoms with Gasteiger partial charge in [-0.1, -0.05) is 0 Å². The maximum atomic E-state index is 13.0. The SMILES string of the molecule is COc1cc(-c2cnn(C3CCN(C(=O)N4CCC5(CNC5)C4)CC3)c2)cn2ncc(C#N)c12. The van der Waals surface area contributed by atoms with Crippen LogP contribution in [0.3, 0.4) is 0 Å². The van der Waals surface area contributed by atoms with Crippen LogP contribution in [-0.2, 0) is 0 Å². The number of amides is 2. The minimum Gasteiger partial charge on any atom is -0.494 e. The Morgan fingerprint density at radius 2 is 1.97 bits per heavy atom. The highest BCUT2D eigenvalue weighted by atomic mass is 16.5. The standard InChI is InChI=1S/C24H28N8O2/c1-34-21-8-17(12-32-22(21)18(9-25)10-28-32)19-11-27-31(13-19)20-2-5-29(6-3-20)23(33)30-7-4-24(16-30)14-26-15-24/h8,10-13,20,26H,2-7,14-16H2,1H3. The molecule has 10 nitrogen and oxygen atoms in total. The summed E-state index contributed by atoms with van der Waals surface area (Å²) in [7, 11) is 1.59. The second-order valence-electron chi connectivity index (χ2n) is 9.75. The Balaban J connectivity index is 1.13. The zero-order valence-electron chi connectivity index (χ0n) is 19.3. The summed E-state index contributed by atoms with van der Waals surface area (Å²) < 4.78 is 9.22. The molecule has 34 heavy (non-hydrogen) atoms. The summed E-state index contributed by atoms with van der Waals surface area (Å²) in [5, 5.41) is 21.6. The van der Waals surface area contributed by atoms with Gasteiger partial charge in [0.25, 0.3) is 0 Å². The fourth-order valence-corrected chi connectivity index (χ4v) is 5.55. The van der Waals surface area contributed by atoms with Gasteiger partial charge in [-0.2, -0.15) is 15.5 Å². The van der Waals surface area contributed by atoms with Crippen molar-refractivity contribution in [1.82, 2.24) is 34.5 Å². The van der Waals surface area contributed by atoms with Gasteiger partial charge in [-0.15, -0.1) is 0 Å². The molecule has 3 saturated heterocycles. The van der Waals surface area contributed by atoms with E-state index in [4.69, 9.17) is 4.74 Å². The molecule has 0 bridgehead atoms. The number of hydrogen-bond acceptors (Lipinski definition) is 6. The number of nitriles is 1. The number of carbonyl (C=O) groups is 1. The molecule has 1 spiro atoms. The van der Waals surface area contributed by atoms with Crippen LogP contribution in [0.4, 0.5) is 4.79 Å². The van der Waals surface area contributed by atoms with Gasteiger partial charge in [-0.25, -0.2) is 9.31 Å². The average Bonchev–Trinajstić information content (AvgIpc) is 3.60. The van der Waals surface area contributed by atoms with Crippen LogP contribution >= 0.6 is 0 Å². The van der Waals surface area contributed by atoms with Crippen LogP contribution in [0.2, 0.25) is 0 Å². The van der Waals surface area contributed by atoms with Crippen molar-refractivity contribution in [3.8, 4) is 22.9 Å². The first-order chi connectivity index (χ1) is 16.6. The minimum absolute atomic E-state index is 0.194. The fraction of sp³-hybridized carbons (Fsp3) is 0.500. The number of rotatable bonds is 3. The van der Waals surface area contributed by atoms with E-state index >= 15 is 0 Å². The molecule has 0 aromatic carbocycles. The van der Waals surface area contributed by atoms with Gasteiger partial charge >= 0.3 is 6.03 Å². The molecule has 0 radical (unpaired) electrons. The molecule has 6 rings (SSSR count). The molecule has 3 aliphatic heterocycles. The Morgan fingerprint density at radius 1 is 1.15 bits per heavy atom. The first kappa shape index (κ1) is 21.0. The van der Waals surface area contributed by atoms with E-state index in [0.29, 0.717) is 22.2 Å². The van der Waals surface area contributed by atoms with Crippen LogP contribution in [0.5, 0.6) is 5.75 Å². The monoisotopic (exact) mass is 460 g/mol. The third-order valence-corrected chi connectivity index (χ3v) is 7.67. The maximum Gasteiger partial charge on any atom is 0.320 e. The van der Waals surface area contributed by atoms with Gasteiger partial charge in [-0.3, -0.25) is 4.68 Å². The molecule has 0 atom stereocenters. The number of pyridine rings is 1. The van der Waals surface area contributed by atoms with Crippen molar-refractivity contribution in [1.29, 1.82) is 5.26 Å². The van der Waals surface area contributed by atoms with Gasteiger partial charge in [0.05, 0.1) is 25.5 Å². The van der Waals surface area contributed by atoms with Crippen LogP contribution in [0, 0.1) is 16.7 Å². The summed E-state index contributed by atoms with van der Waals surface area (Å²) in [6.07, 6.45) is 10.2. The molecule has 3 aromatic heterocycles. The normalized spacial score (nSPS) is 20.0. The van der Waals surface area contributed by atoms with Gasteiger partial charge in [0.1, 0.15) is 22.9 Å². The van der Waals surface area contributed by atoms with E-state index in [0.717, 1.165) is 69.7 Å². The summed E-state index contributed by atoms with van der Waals surface area (Å²) in [6.45, 7) is 5.36. The van der Waals surface area contributed by atoms with E-state index in [2.05, 4.69) is 21.6 Å². The molecule has 2 amide bonds. The molecule has 3 aliphatic rings. The van der Waals surface area contributed by atoms with Gasteiger partial charge in [0.2, 0.25) is 0 Å². The molecular weight excluding hydrogens is 432 g/mol. The summed E-state index contributed by atoms with van der Waals surface area (Å²) in [4.78, 5) is 17.1. The van der Waals surface area contributed by atoms with Crippen LogP contribution in [0.15, 0.2) is 30.9 Å². The first-order valence-electron chi connectivity index (χ1n) is 11.8. The van der Waals surface area contributed by atoms with Crippen molar-refractivity contribution in [2.75, 3.05) is 46.4 Å². The molecule has 0 aliphatic carbocycles. The third-order valence-electron chi connectivity index (χ3n) is 7.67. The van der Waals surface area contributed by atoms with Crippen molar-refractivity contribution in [3.05, 3.63) is 36.4 Å². The minimum atomic E-state index is 0.194. The lowest BCUT2D eigenvalue weighted by Gasteiger charge is -2.40. The Hall–Kier alpha value is -3.58. The van der Waals surface area contributed by atoms with E-state index in [1.54, 1.807) is 17.8 Å². The Morgan fingerprint density at radius 3 is 2.65 bits per heavy atom. The molecular formula is C24H28N8O2. The van der Waals surface area contributed by atoms with Crippen LogP contribution in [-0.4, -0.2) is 81.6 Å². The zero-order chi connectivity index (χ0) is 23.3. The molecule has 1 N–H and O–H groups in total. The summed E-state index contributed by atoms with van der Waals surface area (Å²) in [6, 6.07) is 4.53. The van der Waals surface area contributed by atoms with Crippen molar-refractivity contribution >= 4 is 11.5 Å². The molecule has 6 heterocycles. The second-order valence-corrected chi connectivity index (χ2v) is 9.75. The lowest BCUT2D eigenvalue weighted by Crippen LogP contribution is -2.56. The molecule has 0 unspecified atom stereocenters. The summed E-state index contributed by atoms with van der Waals surface area (Å²) in [5.74, 6) is 0.604. The number of likely N-dealkylation sites (tertiary alicyclic amines) is 2. The Kier molecular flexibility index (Phi) is 4.95. The van der Waals surface area contributed by atoms with Crippen molar-refractivity contribution in [3.63, 3.8) is 0 Å². The number of methoxy groups -OCH3 is 1. The lowest BCUT2D eigenvalue weighted by atomic mass is 9.81. The fourth-order valence-electron chi connectivity index (χ4n) is 5.55. The number of nitrogens with one attached hydrogen (secondary N) is 1. The van der Waals surface area contributed by atoms with E-state index in [9.17, 15) is 10.1 Å². The molecule has 176 valence electrons. The Labute approximate surface area is 197 Å². The van der Waals surface area contributed by atoms with Crippen LogP contribution in [0.1, 0.15) is 30.9 Å². The van der Waals surface area contributed by atoms with Gasteiger partial charge in [0.15, 0.2) is 0 Å². The van der Waals surface area contributed by atoms with Crippen LogP contribution < -0.4 is 10.1 Å². The number of carbonyl (C=O) groups excluding carboxylic acids is 1. The third kappa shape index (κ3) is 3.39. The topological polar surface area (TPSA) is 104 Å². The van der Waals surface area contributed by atoms with Crippen molar-refractivity contribution in [2.45, 2.75) is 25.3 Å². The van der Waals surface area contributed by atoms with Gasteiger partial charge < -0.3 is 19.9 Å². The number of piperidine rings is 1. The smallest absolute Gasteiger partial charge is 0.320 e. The number of hydrogen-bond donors (Lipinski definition) is 1. The van der Waals surface area contributed by atoms with E-state index in [1.165, 1.54) is 0 Å². The van der Waals surface area contributed by atoms with E-state index in [-0.39, 0.29) is 12.1 Å². The average molecular weight is 461 g/mol. The predicted molar refractivity (Wildman–Crippen MR) is 124 cm³/mol. The quantitative estimate of drug-likeness (QED) is 0.642. The highest BCUT2D eigenvalue weighted by Gasteiger charge is 2.45. The maximum absolute atomic E-state index is 13.0. The summed E-state index contributed by atoms with van der Waals surface area (Å²) >= 11 is 0. The lowest BCUT2D eigenvalue weighted by molar-refractivity contribution is 0.125. The molecule has 3 fully saturated rings. The van der Waals surface area contributed by atoms with Gasteiger partial charge in [0, 0.05) is 68.2 Å². The van der Waals surface area contributed by atoms with Crippen molar-refractivity contribution in [2.24, 2.45) is 5.41 Å². The number of fused-ring (bicyclic) bond motifs is 1. The summed E-state index contributed by atoms with van der Waals surface area (Å²) in [5.41, 5.74) is 3.36. The largest absolute Gasteiger partial charge is 0.494 e. The molecule has 10 heteroatoms. The van der Waals surface area contributed by atoms with Crippen molar-refractivity contribution < 1.29 is 9.53 Å². The number of nitrogens with zero attached hydrogens (tertiary/aromatic N) is 7. The second kappa shape index (κ2) is 8.02. The first-order valence-corrected chi connectivity index (χ1v) is 11.8. The van der Waals surface area contributed by atoms with E-state index in [1.807, 2.05) is 39.1 Å². The highest BCUT2D eigenvalue weighted by molar-refractivity contribution is 5.75.